The van der Waals surface area contributed by atoms with Crippen LogP contribution in [0.5, 0.6) is 0 Å². The minimum Gasteiger partial charge on any atom is -0.396 e. The zero-order chi connectivity index (χ0) is 16.8. The van der Waals surface area contributed by atoms with Crippen LogP contribution in [0, 0.1) is 19.8 Å². The molecule has 2 N–H and O–H groups in total. The molecule has 1 aromatic rings. The highest BCUT2D eigenvalue weighted by atomic mass is 16.3. The van der Waals surface area contributed by atoms with Gasteiger partial charge in [0.1, 0.15) is 0 Å². The van der Waals surface area contributed by atoms with Gasteiger partial charge in [-0.15, -0.1) is 0 Å². The molecule has 0 radical (unpaired) electrons. The maximum atomic E-state index is 12.3. The lowest BCUT2D eigenvalue weighted by molar-refractivity contribution is -0.122. The molecule has 1 amide bonds. The van der Waals surface area contributed by atoms with E-state index < -0.39 is 0 Å². The number of hydrogen-bond donors (Lipinski definition) is 2. The lowest BCUT2D eigenvalue weighted by Gasteiger charge is -2.30. The number of benzene rings is 1. The number of Topliss-reactive ketones (excluding diaryl/α,β-unsaturated/α-hetero) is 1. The van der Waals surface area contributed by atoms with Gasteiger partial charge in [-0.25, -0.2) is 0 Å². The lowest BCUT2D eigenvalue weighted by atomic mass is 9.85. The predicted octanol–water partition coefficient (Wildman–Crippen LogP) is 2.93. The van der Waals surface area contributed by atoms with Crippen molar-refractivity contribution in [2.75, 3.05) is 6.61 Å². The lowest BCUT2D eigenvalue weighted by Crippen LogP contribution is -2.43. The summed E-state index contributed by atoms with van der Waals surface area (Å²) in [5.74, 6) is 0.0835. The Bertz CT molecular complexity index is 568. The molecule has 2 atom stereocenters. The van der Waals surface area contributed by atoms with Crippen LogP contribution in [-0.4, -0.2) is 29.4 Å². The van der Waals surface area contributed by atoms with Crippen LogP contribution in [0.3, 0.4) is 0 Å². The van der Waals surface area contributed by atoms with Gasteiger partial charge in [-0.1, -0.05) is 30.5 Å². The smallest absolute Gasteiger partial charge is 0.220 e. The molecule has 1 fully saturated rings. The minimum atomic E-state index is -0.0889. The quantitative estimate of drug-likeness (QED) is 0.793. The fourth-order valence-electron chi connectivity index (χ4n) is 3.29. The Labute approximate surface area is 138 Å². The Balaban J connectivity index is 1.86. The number of aliphatic hydroxyl groups is 1. The van der Waals surface area contributed by atoms with Crippen molar-refractivity contribution in [2.24, 2.45) is 5.92 Å². The summed E-state index contributed by atoms with van der Waals surface area (Å²) in [5, 5.41) is 12.4. The molecule has 0 spiro atoms. The maximum Gasteiger partial charge on any atom is 0.220 e. The molecule has 126 valence electrons. The number of aliphatic hydroxyl groups excluding tert-OH is 1. The zero-order valence-corrected chi connectivity index (χ0v) is 14.1. The first-order valence-corrected chi connectivity index (χ1v) is 8.52. The first-order valence-electron chi connectivity index (χ1n) is 8.52. The van der Waals surface area contributed by atoms with E-state index in [-0.39, 0.29) is 43.1 Å². The molecule has 0 heterocycles. The molecule has 0 saturated heterocycles. The second-order valence-electron chi connectivity index (χ2n) is 6.64. The van der Waals surface area contributed by atoms with Crippen LogP contribution in [0.25, 0.3) is 0 Å². The Morgan fingerprint density at radius 3 is 2.65 bits per heavy atom. The number of nitrogens with one attached hydrogen (secondary N) is 1. The van der Waals surface area contributed by atoms with Gasteiger partial charge in [-0.3, -0.25) is 9.59 Å². The standard InChI is InChI=1S/C19H27NO3/c1-13-7-8-14(2)16(11-13)18(22)9-10-19(23)20-17-6-4-3-5-15(17)12-21/h7-8,11,15,17,21H,3-6,9-10,12H2,1-2H3,(H,20,23). The van der Waals surface area contributed by atoms with E-state index in [0.29, 0.717) is 5.56 Å². The number of ketones is 1. The number of carbonyl (C=O) groups excluding carboxylic acids is 2. The van der Waals surface area contributed by atoms with Crippen molar-refractivity contribution in [3.63, 3.8) is 0 Å². The number of rotatable bonds is 6. The molecular formula is C19H27NO3. The van der Waals surface area contributed by atoms with Gasteiger partial charge in [0.2, 0.25) is 5.91 Å². The van der Waals surface area contributed by atoms with Gasteiger partial charge in [-0.2, -0.15) is 0 Å². The van der Waals surface area contributed by atoms with E-state index in [4.69, 9.17) is 0 Å². The first-order chi connectivity index (χ1) is 11.0. The van der Waals surface area contributed by atoms with Crippen molar-refractivity contribution in [3.8, 4) is 0 Å². The summed E-state index contributed by atoms with van der Waals surface area (Å²) in [6.07, 6.45) is 4.52. The van der Waals surface area contributed by atoms with Crippen molar-refractivity contribution >= 4 is 11.7 Å². The van der Waals surface area contributed by atoms with E-state index in [1.54, 1.807) is 0 Å². The predicted molar refractivity (Wildman–Crippen MR) is 90.5 cm³/mol. The van der Waals surface area contributed by atoms with Crippen LogP contribution < -0.4 is 5.32 Å². The average molecular weight is 317 g/mol. The third-order valence-corrected chi connectivity index (χ3v) is 4.76. The van der Waals surface area contributed by atoms with Gasteiger partial charge in [-0.05, 0) is 38.3 Å². The van der Waals surface area contributed by atoms with Crippen LogP contribution in [0.15, 0.2) is 18.2 Å². The highest BCUT2D eigenvalue weighted by Crippen LogP contribution is 2.24. The molecule has 1 saturated carbocycles. The topological polar surface area (TPSA) is 66.4 Å². The summed E-state index contributed by atoms with van der Waals surface area (Å²) < 4.78 is 0. The highest BCUT2D eigenvalue weighted by Gasteiger charge is 2.25. The summed E-state index contributed by atoms with van der Waals surface area (Å²) in [6.45, 7) is 3.99. The summed E-state index contributed by atoms with van der Waals surface area (Å²) in [7, 11) is 0. The molecule has 1 aromatic carbocycles. The van der Waals surface area contributed by atoms with Gasteiger partial charge in [0.05, 0.1) is 0 Å². The van der Waals surface area contributed by atoms with E-state index in [2.05, 4.69) is 5.32 Å². The summed E-state index contributed by atoms with van der Waals surface area (Å²) in [5.41, 5.74) is 2.72. The maximum absolute atomic E-state index is 12.3. The van der Waals surface area contributed by atoms with E-state index >= 15 is 0 Å². The molecule has 0 aromatic heterocycles. The Hall–Kier alpha value is -1.68. The highest BCUT2D eigenvalue weighted by molar-refractivity contribution is 5.99. The Morgan fingerprint density at radius 2 is 1.91 bits per heavy atom. The average Bonchev–Trinajstić information content (AvgIpc) is 2.55. The third kappa shape index (κ3) is 4.90. The third-order valence-electron chi connectivity index (χ3n) is 4.76. The van der Waals surface area contributed by atoms with E-state index in [9.17, 15) is 14.7 Å². The molecule has 0 bridgehead atoms. The molecule has 0 aliphatic heterocycles. The van der Waals surface area contributed by atoms with Crippen molar-refractivity contribution in [1.82, 2.24) is 5.32 Å². The van der Waals surface area contributed by atoms with Crippen LogP contribution in [-0.2, 0) is 4.79 Å². The number of amides is 1. The number of carbonyl (C=O) groups is 2. The molecule has 1 aliphatic rings. The molecule has 2 unspecified atom stereocenters. The SMILES string of the molecule is Cc1ccc(C)c(C(=O)CCC(=O)NC2CCCCC2CO)c1. The fraction of sp³-hybridized carbons (Fsp3) is 0.579. The summed E-state index contributed by atoms with van der Waals surface area (Å²) >= 11 is 0. The second kappa shape index (κ2) is 8.25. The van der Waals surface area contributed by atoms with Crippen molar-refractivity contribution in [1.29, 1.82) is 0 Å². The normalized spacial score (nSPS) is 21.0. The number of aryl methyl sites for hydroxylation is 2. The van der Waals surface area contributed by atoms with Crippen molar-refractivity contribution < 1.29 is 14.7 Å². The summed E-state index contributed by atoms with van der Waals surface area (Å²) in [4.78, 5) is 24.4. The van der Waals surface area contributed by atoms with E-state index in [0.717, 1.165) is 36.8 Å². The summed E-state index contributed by atoms with van der Waals surface area (Å²) in [6, 6.07) is 5.86. The monoisotopic (exact) mass is 317 g/mol. The van der Waals surface area contributed by atoms with Crippen LogP contribution in [0.4, 0.5) is 0 Å². The first kappa shape index (κ1) is 17.7. The van der Waals surface area contributed by atoms with Crippen LogP contribution in [0.2, 0.25) is 0 Å². The Morgan fingerprint density at radius 1 is 1.17 bits per heavy atom. The largest absolute Gasteiger partial charge is 0.396 e. The van der Waals surface area contributed by atoms with Crippen molar-refractivity contribution in [3.05, 3.63) is 34.9 Å². The number of hydrogen-bond acceptors (Lipinski definition) is 3. The van der Waals surface area contributed by atoms with Crippen molar-refractivity contribution in [2.45, 2.75) is 58.4 Å². The van der Waals surface area contributed by atoms with Gasteiger partial charge in [0, 0.05) is 37.0 Å². The molecular weight excluding hydrogens is 290 g/mol. The van der Waals surface area contributed by atoms with Crippen LogP contribution in [0.1, 0.15) is 60.0 Å². The van der Waals surface area contributed by atoms with E-state index in [1.807, 2.05) is 32.0 Å². The molecule has 23 heavy (non-hydrogen) atoms. The molecule has 2 rings (SSSR count). The molecule has 1 aliphatic carbocycles. The zero-order valence-electron chi connectivity index (χ0n) is 14.1. The van der Waals surface area contributed by atoms with Gasteiger partial charge in [0.15, 0.2) is 5.78 Å². The Kier molecular flexibility index (Phi) is 6.34. The van der Waals surface area contributed by atoms with Gasteiger partial charge < -0.3 is 10.4 Å². The molecule has 4 nitrogen and oxygen atoms in total. The molecule has 4 heteroatoms. The van der Waals surface area contributed by atoms with E-state index in [1.165, 1.54) is 0 Å². The second-order valence-corrected chi connectivity index (χ2v) is 6.64. The van der Waals surface area contributed by atoms with Gasteiger partial charge in [0.25, 0.3) is 0 Å². The fourth-order valence-corrected chi connectivity index (χ4v) is 3.29. The van der Waals surface area contributed by atoms with Gasteiger partial charge >= 0.3 is 0 Å². The minimum absolute atomic E-state index is 0.0173. The van der Waals surface area contributed by atoms with Crippen LogP contribution >= 0.6 is 0 Å².